The zero-order valence-corrected chi connectivity index (χ0v) is 11.8. The highest BCUT2D eigenvalue weighted by atomic mass is 19.4. The van der Waals surface area contributed by atoms with E-state index in [1.54, 1.807) is 23.3 Å². The number of furan rings is 1. The van der Waals surface area contributed by atoms with E-state index in [-0.39, 0.29) is 18.5 Å². The van der Waals surface area contributed by atoms with E-state index in [0.29, 0.717) is 18.2 Å². The Morgan fingerprint density at radius 2 is 2.29 bits per heavy atom. The Labute approximate surface area is 121 Å². The minimum absolute atomic E-state index is 0.191. The third-order valence-corrected chi connectivity index (χ3v) is 3.66. The van der Waals surface area contributed by atoms with Gasteiger partial charge in [0.15, 0.2) is 0 Å². The molecule has 1 saturated heterocycles. The van der Waals surface area contributed by atoms with E-state index in [0.717, 1.165) is 12.8 Å². The average Bonchev–Trinajstić information content (AvgIpc) is 2.90. The lowest BCUT2D eigenvalue weighted by Crippen LogP contribution is -2.45. The molecule has 1 fully saturated rings. The molecule has 0 radical (unpaired) electrons. The molecule has 2 unspecified atom stereocenters. The van der Waals surface area contributed by atoms with Gasteiger partial charge in [0.2, 0.25) is 5.91 Å². The van der Waals surface area contributed by atoms with Gasteiger partial charge in [-0.05, 0) is 30.9 Å². The summed E-state index contributed by atoms with van der Waals surface area (Å²) in [6.07, 6.45) is -1.16. The van der Waals surface area contributed by atoms with Crippen LogP contribution in [0.4, 0.5) is 13.2 Å². The van der Waals surface area contributed by atoms with Gasteiger partial charge in [-0.25, -0.2) is 0 Å². The van der Waals surface area contributed by atoms with Crippen LogP contribution in [0.15, 0.2) is 22.8 Å². The van der Waals surface area contributed by atoms with E-state index in [4.69, 9.17) is 4.42 Å². The monoisotopic (exact) mass is 304 g/mol. The summed E-state index contributed by atoms with van der Waals surface area (Å²) in [4.78, 5) is 13.8. The van der Waals surface area contributed by atoms with Gasteiger partial charge in [0.25, 0.3) is 0 Å². The number of hydrogen-bond acceptors (Lipinski definition) is 3. The molecule has 21 heavy (non-hydrogen) atoms. The first kappa shape index (κ1) is 15.9. The van der Waals surface area contributed by atoms with Crippen LogP contribution in [0.1, 0.15) is 31.6 Å². The van der Waals surface area contributed by atoms with Crippen LogP contribution < -0.4 is 5.32 Å². The first-order valence-corrected chi connectivity index (χ1v) is 6.97. The summed E-state index contributed by atoms with van der Waals surface area (Å²) in [5, 5.41) is 2.15. The van der Waals surface area contributed by atoms with Crippen LogP contribution in [0.3, 0.4) is 0 Å². The molecule has 1 aromatic heterocycles. The topological polar surface area (TPSA) is 45.5 Å². The third kappa shape index (κ3) is 4.49. The summed E-state index contributed by atoms with van der Waals surface area (Å²) in [6.45, 7) is 1.16. The molecule has 1 amide bonds. The molecule has 0 spiro atoms. The Morgan fingerprint density at radius 3 is 2.90 bits per heavy atom. The van der Waals surface area contributed by atoms with Crippen molar-refractivity contribution in [2.45, 2.75) is 32.0 Å². The van der Waals surface area contributed by atoms with E-state index < -0.39 is 12.7 Å². The molecule has 2 atom stereocenters. The lowest BCUT2D eigenvalue weighted by molar-refractivity contribution is -0.138. The SMILES string of the molecule is CC1CCN(C(=O)CNCC(F)(F)F)C(c2ccco2)C1. The normalized spacial score (nSPS) is 23.3. The van der Waals surface area contributed by atoms with E-state index in [1.807, 2.05) is 0 Å². The molecule has 0 saturated carbocycles. The second-order valence-electron chi connectivity index (χ2n) is 5.47. The summed E-state index contributed by atoms with van der Waals surface area (Å²) in [5.74, 6) is 0.811. The van der Waals surface area contributed by atoms with Crippen LogP contribution >= 0.6 is 0 Å². The molecule has 4 nitrogen and oxygen atoms in total. The summed E-state index contributed by atoms with van der Waals surface area (Å²) in [7, 11) is 0. The fraction of sp³-hybridized carbons (Fsp3) is 0.643. The molecule has 2 rings (SSSR count). The van der Waals surface area contributed by atoms with Crippen LogP contribution in [0.2, 0.25) is 0 Å². The highest BCUT2D eigenvalue weighted by Crippen LogP contribution is 2.34. The number of piperidine rings is 1. The highest BCUT2D eigenvalue weighted by molar-refractivity contribution is 5.78. The van der Waals surface area contributed by atoms with Gasteiger partial charge in [0.05, 0.1) is 25.4 Å². The molecular formula is C14H19F3N2O2. The van der Waals surface area contributed by atoms with E-state index in [9.17, 15) is 18.0 Å². The van der Waals surface area contributed by atoms with E-state index >= 15 is 0 Å². The van der Waals surface area contributed by atoms with Crippen molar-refractivity contribution in [2.75, 3.05) is 19.6 Å². The second-order valence-corrected chi connectivity index (χ2v) is 5.47. The minimum atomic E-state index is -4.31. The second kappa shape index (κ2) is 6.51. The smallest absolute Gasteiger partial charge is 0.401 e. The molecule has 0 aliphatic carbocycles. The number of carbonyl (C=O) groups is 1. The predicted molar refractivity (Wildman–Crippen MR) is 70.5 cm³/mol. The maximum Gasteiger partial charge on any atom is 0.401 e. The molecule has 1 N–H and O–H groups in total. The van der Waals surface area contributed by atoms with Gasteiger partial charge in [-0.15, -0.1) is 0 Å². The van der Waals surface area contributed by atoms with Crippen LogP contribution in [-0.4, -0.2) is 36.6 Å². The average molecular weight is 304 g/mol. The number of rotatable bonds is 4. The van der Waals surface area contributed by atoms with Gasteiger partial charge >= 0.3 is 6.18 Å². The predicted octanol–water partition coefficient (Wildman–Crippen LogP) is 2.73. The lowest BCUT2D eigenvalue weighted by Gasteiger charge is -2.37. The molecule has 1 aliphatic rings. The summed E-state index contributed by atoms with van der Waals surface area (Å²) in [5.41, 5.74) is 0. The first-order valence-electron chi connectivity index (χ1n) is 6.97. The van der Waals surface area contributed by atoms with Crippen molar-refractivity contribution in [1.82, 2.24) is 10.2 Å². The number of halogens is 3. The maximum absolute atomic E-state index is 12.2. The van der Waals surface area contributed by atoms with Gasteiger partial charge in [-0.3, -0.25) is 4.79 Å². The van der Waals surface area contributed by atoms with Crippen LogP contribution in [-0.2, 0) is 4.79 Å². The molecule has 0 bridgehead atoms. The summed E-state index contributed by atoms with van der Waals surface area (Å²) < 4.78 is 41.7. The fourth-order valence-corrected chi connectivity index (χ4v) is 2.60. The lowest BCUT2D eigenvalue weighted by atomic mass is 9.91. The van der Waals surface area contributed by atoms with Crippen molar-refractivity contribution in [1.29, 1.82) is 0 Å². The van der Waals surface area contributed by atoms with Crippen LogP contribution in [0.25, 0.3) is 0 Å². The van der Waals surface area contributed by atoms with Crippen molar-refractivity contribution >= 4 is 5.91 Å². The van der Waals surface area contributed by atoms with E-state index in [1.165, 1.54) is 0 Å². The van der Waals surface area contributed by atoms with E-state index in [2.05, 4.69) is 12.2 Å². The summed E-state index contributed by atoms with van der Waals surface area (Å²) in [6, 6.07) is 3.36. The Hall–Kier alpha value is -1.50. The molecule has 7 heteroatoms. The molecule has 1 aliphatic heterocycles. The van der Waals surface area contributed by atoms with Gasteiger partial charge in [-0.1, -0.05) is 6.92 Å². The standard InChI is InChI=1S/C14H19F3N2O2/c1-10-4-5-19(11(7-10)12-3-2-6-21-12)13(20)8-18-9-14(15,16)17/h2-3,6,10-11,18H,4-5,7-9H2,1H3. The van der Waals surface area contributed by atoms with Crippen molar-refractivity contribution in [3.63, 3.8) is 0 Å². The van der Waals surface area contributed by atoms with Gasteiger partial charge < -0.3 is 14.6 Å². The molecular weight excluding hydrogens is 285 g/mol. The number of nitrogens with one attached hydrogen (secondary N) is 1. The Kier molecular flexibility index (Phi) is 4.92. The van der Waals surface area contributed by atoms with Gasteiger partial charge in [0.1, 0.15) is 5.76 Å². The molecule has 0 aromatic carbocycles. The fourth-order valence-electron chi connectivity index (χ4n) is 2.60. The summed E-state index contributed by atoms with van der Waals surface area (Å²) >= 11 is 0. The number of likely N-dealkylation sites (tertiary alicyclic amines) is 1. The Morgan fingerprint density at radius 1 is 1.52 bits per heavy atom. The Balaban J connectivity index is 1.97. The largest absolute Gasteiger partial charge is 0.467 e. The molecule has 118 valence electrons. The van der Waals surface area contributed by atoms with Crippen molar-refractivity contribution in [3.05, 3.63) is 24.2 Å². The zero-order chi connectivity index (χ0) is 15.5. The van der Waals surface area contributed by atoms with Crippen LogP contribution in [0, 0.1) is 5.92 Å². The Bertz CT molecular complexity index is 459. The molecule has 2 heterocycles. The minimum Gasteiger partial charge on any atom is -0.467 e. The number of carbonyl (C=O) groups excluding carboxylic acids is 1. The number of amides is 1. The quantitative estimate of drug-likeness (QED) is 0.930. The molecule has 1 aromatic rings. The van der Waals surface area contributed by atoms with Crippen molar-refractivity contribution in [2.24, 2.45) is 5.92 Å². The number of alkyl halides is 3. The maximum atomic E-state index is 12.2. The van der Waals surface area contributed by atoms with Crippen molar-refractivity contribution in [3.8, 4) is 0 Å². The first-order chi connectivity index (χ1) is 9.87. The van der Waals surface area contributed by atoms with Gasteiger partial charge in [-0.2, -0.15) is 13.2 Å². The number of hydrogen-bond donors (Lipinski definition) is 1. The third-order valence-electron chi connectivity index (χ3n) is 3.66. The van der Waals surface area contributed by atoms with Gasteiger partial charge in [0, 0.05) is 6.54 Å². The van der Waals surface area contributed by atoms with Crippen LogP contribution in [0.5, 0.6) is 0 Å². The highest BCUT2D eigenvalue weighted by Gasteiger charge is 2.33. The zero-order valence-electron chi connectivity index (χ0n) is 11.8. The van der Waals surface area contributed by atoms with Crippen molar-refractivity contribution < 1.29 is 22.4 Å². The number of nitrogens with zero attached hydrogens (tertiary/aromatic N) is 1.